The minimum absolute atomic E-state index is 0.166. The Morgan fingerprint density at radius 3 is 2.36 bits per heavy atom. The number of anilines is 2. The van der Waals surface area contributed by atoms with Crippen molar-refractivity contribution in [2.75, 3.05) is 30.8 Å². The van der Waals surface area contributed by atoms with Crippen molar-refractivity contribution in [2.24, 2.45) is 0 Å². The number of nitrogens with zero attached hydrogens (tertiary/aromatic N) is 5. The minimum Gasteiger partial charge on any atom is -0.465 e. The first-order chi connectivity index (χ1) is 33.0. The number of fused-ring (bicyclic) bond motifs is 1. The topological polar surface area (TPSA) is 182 Å². The zero-order chi connectivity index (χ0) is 50.0. The summed E-state index contributed by atoms with van der Waals surface area (Å²) in [7, 11) is 2.02. The molecule has 1 fully saturated rings. The van der Waals surface area contributed by atoms with Crippen LogP contribution in [0.5, 0.6) is 0 Å². The van der Waals surface area contributed by atoms with Crippen molar-refractivity contribution in [3.05, 3.63) is 136 Å². The zero-order valence-electron chi connectivity index (χ0n) is 39.9. The van der Waals surface area contributed by atoms with Crippen LogP contribution in [-0.2, 0) is 39.1 Å². The summed E-state index contributed by atoms with van der Waals surface area (Å²) in [5.41, 5.74) is 3.83. The van der Waals surface area contributed by atoms with Gasteiger partial charge in [-0.15, -0.1) is 0 Å². The maximum atomic E-state index is 13.0. The van der Waals surface area contributed by atoms with Gasteiger partial charge in [-0.05, 0) is 121 Å². The lowest BCUT2D eigenvalue weighted by Crippen LogP contribution is -2.24. The number of esters is 1. The Morgan fingerprint density at radius 1 is 0.913 bits per heavy atom. The molecule has 7 rings (SSSR count). The lowest BCUT2D eigenvalue weighted by Gasteiger charge is -2.22. The highest BCUT2D eigenvalue weighted by Crippen LogP contribution is 2.35. The third kappa shape index (κ3) is 16.5. The van der Waals surface area contributed by atoms with E-state index < -0.39 is 29.3 Å². The van der Waals surface area contributed by atoms with Crippen molar-refractivity contribution >= 4 is 40.6 Å². The second kappa shape index (κ2) is 25.6. The minimum atomic E-state index is -4.65. The molecule has 4 aromatic heterocycles. The van der Waals surface area contributed by atoms with Crippen LogP contribution in [0.4, 0.5) is 24.5 Å². The normalized spacial score (nSPS) is 12.8. The molecule has 368 valence electrons. The number of hydrogen-bond donors (Lipinski definition) is 4. The van der Waals surface area contributed by atoms with Crippen LogP contribution in [0.2, 0.25) is 0 Å². The number of nitrogens with one attached hydrogen (secondary N) is 3. The average molecular weight is 953 g/mol. The van der Waals surface area contributed by atoms with Crippen molar-refractivity contribution < 1.29 is 37.4 Å². The molecule has 0 atom stereocenters. The first kappa shape index (κ1) is 53.2. The van der Waals surface area contributed by atoms with Gasteiger partial charge in [0.25, 0.3) is 11.5 Å². The van der Waals surface area contributed by atoms with Gasteiger partial charge in [0, 0.05) is 53.1 Å². The van der Waals surface area contributed by atoms with E-state index in [1.807, 2.05) is 30.3 Å². The van der Waals surface area contributed by atoms with Crippen LogP contribution in [-0.4, -0.2) is 67.9 Å². The number of unbranched alkanes of at least 4 members (excludes halogenated alkanes) is 3. The number of hydrogen-bond acceptors (Lipinski definition) is 10. The average Bonchev–Trinajstić information content (AvgIpc) is 3.75. The van der Waals surface area contributed by atoms with Crippen LogP contribution in [0.25, 0.3) is 22.0 Å². The van der Waals surface area contributed by atoms with Gasteiger partial charge in [0.05, 0.1) is 29.5 Å². The fourth-order valence-corrected chi connectivity index (χ4v) is 7.88. The Balaban J connectivity index is 0.000000208. The second-order valence-electron chi connectivity index (χ2n) is 17.4. The number of pyridine rings is 3. The molecule has 1 aliphatic carbocycles. The van der Waals surface area contributed by atoms with Gasteiger partial charge in [0.1, 0.15) is 17.9 Å². The van der Waals surface area contributed by atoms with Crippen LogP contribution in [0.3, 0.4) is 0 Å². The Kier molecular flexibility index (Phi) is 19.7. The molecular formula is C52H63F3N8O6. The summed E-state index contributed by atoms with van der Waals surface area (Å²) in [4.78, 5) is 53.3. The third-order valence-corrected chi connectivity index (χ3v) is 11.4. The number of halogens is 3. The van der Waals surface area contributed by atoms with Crippen LogP contribution >= 0.6 is 0 Å². The first-order valence-electron chi connectivity index (χ1n) is 23.3. The van der Waals surface area contributed by atoms with E-state index in [2.05, 4.69) is 68.3 Å². The van der Waals surface area contributed by atoms with E-state index in [1.165, 1.54) is 83.3 Å². The number of rotatable bonds is 17. The van der Waals surface area contributed by atoms with Crippen molar-refractivity contribution in [1.29, 1.82) is 0 Å². The molecule has 0 unspecified atom stereocenters. The molecule has 2 aromatic carbocycles. The number of carbonyl (C=O) groups excluding carboxylic acids is 3. The summed E-state index contributed by atoms with van der Waals surface area (Å²) < 4.78 is 46.7. The van der Waals surface area contributed by atoms with E-state index in [-0.39, 0.29) is 24.4 Å². The molecule has 4 N–H and O–H groups in total. The number of benzene rings is 2. The van der Waals surface area contributed by atoms with Crippen LogP contribution in [0.15, 0.2) is 102 Å². The highest BCUT2D eigenvalue weighted by atomic mass is 19.4. The number of ether oxygens (including phenoxy) is 1. The van der Waals surface area contributed by atoms with Gasteiger partial charge in [-0.3, -0.25) is 28.8 Å². The fourth-order valence-electron chi connectivity index (χ4n) is 7.88. The largest absolute Gasteiger partial charge is 0.465 e. The molecule has 0 bridgehead atoms. The molecule has 1 aliphatic rings. The first-order valence-corrected chi connectivity index (χ1v) is 23.3. The molecule has 69 heavy (non-hydrogen) atoms. The third-order valence-electron chi connectivity index (χ3n) is 11.4. The van der Waals surface area contributed by atoms with E-state index in [0.717, 1.165) is 56.2 Å². The summed E-state index contributed by atoms with van der Waals surface area (Å²) in [5.74, 6) is -1.28. The highest BCUT2D eigenvalue weighted by Gasteiger charge is 2.33. The van der Waals surface area contributed by atoms with Gasteiger partial charge in [0.2, 0.25) is 6.41 Å². The number of amides is 2. The van der Waals surface area contributed by atoms with Crippen molar-refractivity contribution in [3.63, 3.8) is 0 Å². The SMILES string of the molecule is CC(C)(O)c1cc2nn(C3CCCCC3)cc2cc1NC(=O)c1cccc(C(F)(F)F)n1.CCOC(=O)Cn1cc(NC=O)ccc1=O.CNCCCCCCc1cncc(-c2cccc(C)c2)c1. The predicted octanol–water partition coefficient (Wildman–Crippen LogP) is 9.79. The molecular weight excluding hydrogens is 890 g/mol. The maximum Gasteiger partial charge on any atom is 0.433 e. The number of carbonyl (C=O) groups is 3. The van der Waals surface area contributed by atoms with Crippen molar-refractivity contribution in [2.45, 2.75) is 116 Å². The Morgan fingerprint density at radius 2 is 1.67 bits per heavy atom. The van der Waals surface area contributed by atoms with Crippen molar-refractivity contribution in [3.8, 4) is 11.1 Å². The van der Waals surface area contributed by atoms with Crippen molar-refractivity contribution in [1.82, 2.24) is 29.6 Å². The van der Waals surface area contributed by atoms with E-state index in [4.69, 9.17) is 4.74 Å². The summed E-state index contributed by atoms with van der Waals surface area (Å²) in [5, 5.41) is 24.3. The number of aromatic nitrogens is 5. The number of aryl methyl sites for hydroxylation is 2. The molecule has 1 saturated carbocycles. The van der Waals surface area contributed by atoms with Crippen LogP contribution < -0.4 is 21.5 Å². The fraction of sp³-hybridized carbons (Fsp3) is 0.404. The Bertz CT molecular complexity index is 2690. The lowest BCUT2D eigenvalue weighted by atomic mass is 9.95. The molecule has 0 saturated heterocycles. The van der Waals surface area contributed by atoms with Gasteiger partial charge in [-0.2, -0.15) is 18.3 Å². The molecule has 17 heteroatoms. The number of alkyl halides is 3. The van der Waals surface area contributed by atoms with Gasteiger partial charge >= 0.3 is 12.1 Å². The molecule has 0 radical (unpaired) electrons. The van der Waals surface area contributed by atoms with Gasteiger partial charge in [0.15, 0.2) is 0 Å². The standard InChI is InChI=1S/C23H25F3N4O2.C19H26N2.C10H12N2O4/c1-22(2,32)16-12-18-14(13-30(29-18)15-7-4-3-5-8-15)11-19(16)28-21(31)17-9-6-10-20(27-17)23(24,25)26;1-16-8-7-10-18(12-16)19-13-17(14-21-15-19)9-5-3-4-6-11-20-2;1-2-16-10(15)6-12-5-8(11-7-13)3-4-9(12)14/h6,9-13,15,32H,3-5,7-8H2,1-2H3,(H,28,31);7-8,10,12-15,20H,3-6,9,11H2,1-2H3;3-5,7H,2,6H2,1H3,(H,11,13). The van der Waals surface area contributed by atoms with Gasteiger partial charge < -0.3 is 30.4 Å². The predicted molar refractivity (Wildman–Crippen MR) is 262 cm³/mol. The monoisotopic (exact) mass is 952 g/mol. The second-order valence-corrected chi connectivity index (χ2v) is 17.4. The molecule has 4 heterocycles. The summed E-state index contributed by atoms with van der Waals surface area (Å²) >= 11 is 0. The summed E-state index contributed by atoms with van der Waals surface area (Å²) in [6, 6.07) is 20.5. The van der Waals surface area contributed by atoms with Crippen LogP contribution in [0.1, 0.15) is 117 Å². The molecule has 6 aromatic rings. The summed E-state index contributed by atoms with van der Waals surface area (Å²) in [6.45, 7) is 8.19. The van der Waals surface area contributed by atoms with E-state index in [9.17, 15) is 37.5 Å². The van der Waals surface area contributed by atoms with Gasteiger partial charge in [-0.1, -0.05) is 68.0 Å². The molecule has 0 spiro atoms. The maximum absolute atomic E-state index is 13.0. The summed E-state index contributed by atoms with van der Waals surface area (Å²) in [6.07, 6.45) is 15.0. The van der Waals surface area contributed by atoms with E-state index in [1.54, 1.807) is 32.9 Å². The quantitative estimate of drug-likeness (QED) is 0.0390. The smallest absolute Gasteiger partial charge is 0.433 e. The molecule has 2 amide bonds. The Hall–Kier alpha value is -6.72. The lowest BCUT2D eigenvalue weighted by molar-refractivity contribution is -0.144. The molecule has 14 nitrogen and oxygen atoms in total. The Labute approximate surface area is 400 Å². The molecule has 0 aliphatic heterocycles. The van der Waals surface area contributed by atoms with Crippen LogP contribution in [0, 0.1) is 6.92 Å². The van der Waals surface area contributed by atoms with Gasteiger partial charge in [-0.25, -0.2) is 4.98 Å². The highest BCUT2D eigenvalue weighted by molar-refractivity contribution is 6.04. The van der Waals surface area contributed by atoms with E-state index >= 15 is 0 Å². The van der Waals surface area contributed by atoms with E-state index in [0.29, 0.717) is 34.9 Å². The zero-order valence-corrected chi connectivity index (χ0v) is 39.9. The number of aliphatic hydroxyl groups is 1.